The molecule has 1 unspecified atom stereocenters. The first-order valence-electron chi connectivity index (χ1n) is 9.67. The van der Waals surface area contributed by atoms with Crippen molar-refractivity contribution in [3.63, 3.8) is 0 Å². The molecule has 2 aromatic heterocycles. The number of anilines is 1. The van der Waals surface area contributed by atoms with Crippen molar-refractivity contribution in [1.29, 1.82) is 0 Å². The fourth-order valence-electron chi connectivity index (χ4n) is 3.14. The predicted octanol–water partition coefficient (Wildman–Crippen LogP) is 4.86. The van der Waals surface area contributed by atoms with Gasteiger partial charge in [-0.05, 0) is 54.8 Å². The lowest BCUT2D eigenvalue weighted by atomic mass is 10.1. The summed E-state index contributed by atoms with van der Waals surface area (Å²) in [5.41, 5.74) is 2.78. The molecule has 1 aliphatic rings. The van der Waals surface area contributed by atoms with E-state index in [9.17, 15) is 9.59 Å². The standard InChI is InChI=1S/C21H23N3O2S2/c1-3-13-5-7-14(8-6-13)22-19(25)17(4-2)28-21-23-16-11-12-27-18(16)20(26)24(21)15-9-10-15/h5-8,11-12,15,17H,3-4,9-10H2,1-2H3,(H,22,25). The Bertz CT molecular complexity index is 1050. The summed E-state index contributed by atoms with van der Waals surface area (Å²) in [6.07, 6.45) is 3.63. The van der Waals surface area contributed by atoms with Crippen LogP contribution in [0.3, 0.4) is 0 Å². The monoisotopic (exact) mass is 413 g/mol. The number of thioether (sulfide) groups is 1. The van der Waals surface area contributed by atoms with E-state index in [4.69, 9.17) is 4.98 Å². The molecule has 1 fully saturated rings. The molecule has 28 heavy (non-hydrogen) atoms. The smallest absolute Gasteiger partial charge is 0.272 e. The van der Waals surface area contributed by atoms with Crippen LogP contribution in [0.25, 0.3) is 10.2 Å². The number of thiophene rings is 1. The summed E-state index contributed by atoms with van der Waals surface area (Å²) < 4.78 is 2.50. The molecule has 1 N–H and O–H groups in total. The molecule has 1 amide bonds. The number of benzene rings is 1. The Kier molecular flexibility index (Phi) is 5.55. The second-order valence-electron chi connectivity index (χ2n) is 6.99. The minimum atomic E-state index is -0.307. The number of nitrogens with one attached hydrogen (secondary N) is 1. The van der Waals surface area contributed by atoms with Crippen molar-refractivity contribution >= 4 is 44.9 Å². The van der Waals surface area contributed by atoms with E-state index in [0.717, 1.165) is 30.5 Å². The van der Waals surface area contributed by atoms with Gasteiger partial charge in [0.2, 0.25) is 5.91 Å². The fraction of sp³-hybridized carbons (Fsp3) is 0.381. The number of hydrogen-bond acceptors (Lipinski definition) is 5. The predicted molar refractivity (Wildman–Crippen MR) is 117 cm³/mol. The van der Waals surface area contributed by atoms with E-state index in [1.165, 1.54) is 28.7 Å². The summed E-state index contributed by atoms with van der Waals surface area (Å²) in [6, 6.07) is 10.0. The van der Waals surface area contributed by atoms with Crippen LogP contribution in [0.1, 0.15) is 44.7 Å². The van der Waals surface area contributed by atoms with Crippen molar-refractivity contribution in [2.45, 2.75) is 56.0 Å². The Labute approximate surface area is 172 Å². The zero-order valence-corrected chi connectivity index (χ0v) is 17.6. The molecule has 0 bridgehead atoms. The lowest BCUT2D eigenvalue weighted by molar-refractivity contribution is -0.115. The minimum Gasteiger partial charge on any atom is -0.325 e. The number of amides is 1. The Hall–Kier alpha value is -2.12. The number of hydrogen-bond donors (Lipinski definition) is 1. The fourth-order valence-corrected chi connectivity index (χ4v) is 4.99. The first-order chi connectivity index (χ1) is 13.6. The van der Waals surface area contributed by atoms with Crippen LogP contribution in [0, 0.1) is 0 Å². The first kappa shape index (κ1) is 19.2. The Morgan fingerprint density at radius 2 is 2.04 bits per heavy atom. The highest BCUT2D eigenvalue weighted by atomic mass is 32.2. The van der Waals surface area contributed by atoms with Crippen molar-refractivity contribution < 1.29 is 4.79 Å². The van der Waals surface area contributed by atoms with Crippen molar-refractivity contribution in [3.8, 4) is 0 Å². The molecular formula is C21H23N3O2S2. The third-order valence-electron chi connectivity index (χ3n) is 4.93. The van der Waals surface area contributed by atoms with Crippen LogP contribution in [0.4, 0.5) is 5.69 Å². The van der Waals surface area contributed by atoms with Crippen LogP contribution in [0.2, 0.25) is 0 Å². The molecule has 0 saturated heterocycles. The minimum absolute atomic E-state index is 0.0235. The molecule has 2 heterocycles. The van der Waals surface area contributed by atoms with Gasteiger partial charge in [0.05, 0.1) is 10.8 Å². The average Bonchev–Trinajstić information content (AvgIpc) is 3.42. The molecule has 1 saturated carbocycles. The van der Waals surface area contributed by atoms with E-state index in [-0.39, 0.29) is 22.8 Å². The number of aryl methyl sites for hydroxylation is 1. The van der Waals surface area contributed by atoms with Gasteiger partial charge in [0.25, 0.3) is 5.56 Å². The third kappa shape index (κ3) is 3.86. The SMILES string of the molecule is CCc1ccc(NC(=O)C(CC)Sc2nc3ccsc3c(=O)n2C2CC2)cc1. The molecular weight excluding hydrogens is 390 g/mol. The summed E-state index contributed by atoms with van der Waals surface area (Å²) in [6.45, 7) is 4.09. The maximum absolute atomic E-state index is 12.9. The summed E-state index contributed by atoms with van der Waals surface area (Å²) in [7, 11) is 0. The van der Waals surface area contributed by atoms with E-state index >= 15 is 0 Å². The summed E-state index contributed by atoms with van der Waals surface area (Å²) in [5.74, 6) is -0.0567. The second-order valence-corrected chi connectivity index (χ2v) is 9.08. The van der Waals surface area contributed by atoms with Crippen LogP contribution in [-0.4, -0.2) is 20.7 Å². The Morgan fingerprint density at radius 3 is 2.68 bits per heavy atom. The van der Waals surface area contributed by atoms with E-state index < -0.39 is 0 Å². The largest absolute Gasteiger partial charge is 0.325 e. The lowest BCUT2D eigenvalue weighted by Crippen LogP contribution is -2.27. The maximum atomic E-state index is 12.9. The second kappa shape index (κ2) is 8.09. The molecule has 1 aromatic carbocycles. The lowest BCUT2D eigenvalue weighted by Gasteiger charge is -2.17. The molecule has 5 nitrogen and oxygen atoms in total. The average molecular weight is 414 g/mol. The molecule has 0 spiro atoms. The van der Waals surface area contributed by atoms with Gasteiger partial charge in [-0.3, -0.25) is 14.2 Å². The highest BCUT2D eigenvalue weighted by molar-refractivity contribution is 8.00. The zero-order chi connectivity index (χ0) is 19.7. The van der Waals surface area contributed by atoms with Gasteiger partial charge in [-0.15, -0.1) is 11.3 Å². The van der Waals surface area contributed by atoms with E-state index in [1.807, 2.05) is 42.6 Å². The molecule has 7 heteroatoms. The van der Waals surface area contributed by atoms with Crippen molar-refractivity contribution in [2.75, 3.05) is 5.32 Å². The third-order valence-corrected chi connectivity index (χ3v) is 7.15. The van der Waals surface area contributed by atoms with Crippen molar-refractivity contribution in [3.05, 3.63) is 51.6 Å². The topological polar surface area (TPSA) is 64.0 Å². The van der Waals surface area contributed by atoms with Gasteiger partial charge in [0.1, 0.15) is 4.70 Å². The molecule has 146 valence electrons. The Balaban J connectivity index is 1.58. The van der Waals surface area contributed by atoms with Gasteiger partial charge >= 0.3 is 0 Å². The molecule has 1 atom stereocenters. The maximum Gasteiger partial charge on any atom is 0.272 e. The normalized spacial score (nSPS) is 14.9. The number of carbonyl (C=O) groups excluding carboxylic acids is 1. The Morgan fingerprint density at radius 1 is 1.29 bits per heavy atom. The van der Waals surface area contributed by atoms with Gasteiger partial charge in [-0.1, -0.05) is 37.7 Å². The van der Waals surface area contributed by atoms with E-state index in [2.05, 4.69) is 12.2 Å². The number of nitrogens with zero attached hydrogens (tertiary/aromatic N) is 2. The van der Waals surface area contributed by atoms with Gasteiger partial charge in [0, 0.05) is 11.7 Å². The molecule has 0 aliphatic heterocycles. The van der Waals surface area contributed by atoms with Gasteiger partial charge in [-0.25, -0.2) is 4.98 Å². The highest BCUT2D eigenvalue weighted by Crippen LogP contribution is 2.38. The van der Waals surface area contributed by atoms with Crippen molar-refractivity contribution in [1.82, 2.24) is 9.55 Å². The zero-order valence-electron chi connectivity index (χ0n) is 16.0. The van der Waals surface area contributed by atoms with Gasteiger partial charge in [0.15, 0.2) is 5.16 Å². The highest BCUT2D eigenvalue weighted by Gasteiger charge is 2.31. The number of aromatic nitrogens is 2. The number of rotatable bonds is 7. The van der Waals surface area contributed by atoms with Gasteiger partial charge < -0.3 is 5.32 Å². The molecule has 4 rings (SSSR count). The number of carbonyl (C=O) groups is 1. The first-order valence-corrected chi connectivity index (χ1v) is 11.4. The van der Waals surface area contributed by atoms with E-state index in [0.29, 0.717) is 16.3 Å². The van der Waals surface area contributed by atoms with Crippen molar-refractivity contribution in [2.24, 2.45) is 0 Å². The summed E-state index contributed by atoms with van der Waals surface area (Å²) >= 11 is 2.83. The number of fused-ring (bicyclic) bond motifs is 1. The van der Waals surface area contributed by atoms with Crippen LogP contribution in [-0.2, 0) is 11.2 Å². The molecule has 0 radical (unpaired) electrons. The molecule has 3 aromatic rings. The van der Waals surface area contributed by atoms with Crippen LogP contribution in [0.15, 0.2) is 45.7 Å². The van der Waals surface area contributed by atoms with Crippen LogP contribution < -0.4 is 10.9 Å². The van der Waals surface area contributed by atoms with Gasteiger partial charge in [-0.2, -0.15) is 0 Å². The molecule has 1 aliphatic carbocycles. The quantitative estimate of drug-likeness (QED) is 0.444. The van der Waals surface area contributed by atoms with E-state index in [1.54, 1.807) is 4.57 Å². The van der Waals surface area contributed by atoms with Crippen LogP contribution in [0.5, 0.6) is 0 Å². The van der Waals surface area contributed by atoms with Crippen LogP contribution >= 0.6 is 23.1 Å². The summed E-state index contributed by atoms with van der Waals surface area (Å²) in [5, 5.41) is 5.25. The summed E-state index contributed by atoms with van der Waals surface area (Å²) in [4.78, 5) is 30.5.